The lowest BCUT2D eigenvalue weighted by molar-refractivity contribution is -0.139. The van der Waals surface area contributed by atoms with Crippen LogP contribution in [0.2, 0.25) is 0 Å². The molecule has 158 valence electrons. The van der Waals surface area contributed by atoms with Crippen molar-refractivity contribution in [3.8, 4) is 11.5 Å². The Morgan fingerprint density at radius 1 is 1.07 bits per heavy atom. The maximum Gasteiger partial charge on any atom is 0.338 e. The van der Waals surface area contributed by atoms with E-state index < -0.39 is 12.0 Å². The van der Waals surface area contributed by atoms with Gasteiger partial charge >= 0.3 is 12.0 Å². The predicted octanol–water partition coefficient (Wildman–Crippen LogP) is 5.07. The molecule has 3 rings (SSSR count). The number of carbonyl (C=O) groups is 2. The van der Waals surface area contributed by atoms with Gasteiger partial charge in [0.2, 0.25) is 0 Å². The van der Waals surface area contributed by atoms with Crippen molar-refractivity contribution in [2.75, 3.05) is 6.61 Å². The van der Waals surface area contributed by atoms with Crippen molar-refractivity contribution in [2.24, 2.45) is 0 Å². The van der Waals surface area contributed by atoms with Crippen molar-refractivity contribution in [2.45, 2.75) is 46.6 Å². The van der Waals surface area contributed by atoms with Gasteiger partial charge in [-0.05, 0) is 62.1 Å². The molecule has 1 atom stereocenters. The normalized spacial score (nSPS) is 16.0. The summed E-state index contributed by atoms with van der Waals surface area (Å²) in [4.78, 5) is 24.9. The maximum atomic E-state index is 12.7. The molecule has 0 bridgehead atoms. The molecule has 0 spiro atoms. The van der Waals surface area contributed by atoms with E-state index in [-0.39, 0.29) is 12.6 Å². The molecule has 2 N–H and O–H groups in total. The third kappa shape index (κ3) is 4.82. The van der Waals surface area contributed by atoms with E-state index in [0.29, 0.717) is 23.4 Å². The fraction of sp³-hybridized carbons (Fsp3) is 0.333. The van der Waals surface area contributed by atoms with Gasteiger partial charge < -0.3 is 20.1 Å². The second kappa shape index (κ2) is 9.48. The van der Waals surface area contributed by atoms with Crippen molar-refractivity contribution in [1.82, 2.24) is 10.6 Å². The lowest BCUT2D eigenvalue weighted by atomic mass is 9.94. The van der Waals surface area contributed by atoms with E-state index >= 15 is 0 Å². The smallest absolute Gasteiger partial charge is 0.338 e. The van der Waals surface area contributed by atoms with E-state index in [9.17, 15) is 9.59 Å². The van der Waals surface area contributed by atoms with Gasteiger partial charge in [0, 0.05) is 5.70 Å². The minimum atomic E-state index is -0.575. The Bertz CT molecular complexity index is 964. The molecule has 0 aromatic heterocycles. The van der Waals surface area contributed by atoms with Crippen molar-refractivity contribution < 1.29 is 19.1 Å². The second-order valence-electron chi connectivity index (χ2n) is 7.33. The van der Waals surface area contributed by atoms with Crippen LogP contribution in [0.3, 0.4) is 0 Å². The van der Waals surface area contributed by atoms with E-state index in [0.717, 1.165) is 28.9 Å². The summed E-state index contributed by atoms with van der Waals surface area (Å²) in [6.07, 6.45) is 1.39. The Kier molecular flexibility index (Phi) is 6.77. The lowest BCUT2D eigenvalue weighted by Gasteiger charge is -2.29. The van der Waals surface area contributed by atoms with Gasteiger partial charge in [0.05, 0.1) is 18.2 Å². The minimum absolute atomic E-state index is 0.269. The molecule has 2 amide bonds. The molecule has 0 saturated heterocycles. The van der Waals surface area contributed by atoms with Crippen LogP contribution in [0.5, 0.6) is 11.5 Å². The Balaban J connectivity index is 1.90. The standard InChI is InChI=1S/C24H28N2O4/c1-5-7-19-21(23(27)29-6-2)22(26-24(28)25-19)17-10-12-18(13-11-17)30-20-14-15(3)8-9-16(20)4/h8-14,22H,5-7H2,1-4H3,(H2,25,26,28). The first-order chi connectivity index (χ1) is 14.4. The van der Waals surface area contributed by atoms with E-state index in [2.05, 4.69) is 10.6 Å². The molecule has 2 aromatic carbocycles. The van der Waals surface area contributed by atoms with Crippen LogP contribution in [-0.2, 0) is 9.53 Å². The van der Waals surface area contributed by atoms with Gasteiger partial charge in [-0.25, -0.2) is 9.59 Å². The number of aryl methyl sites for hydroxylation is 2. The quantitative estimate of drug-likeness (QED) is 0.627. The first-order valence-electron chi connectivity index (χ1n) is 10.3. The third-order valence-corrected chi connectivity index (χ3v) is 4.93. The summed E-state index contributed by atoms with van der Waals surface area (Å²) >= 11 is 0. The Labute approximate surface area is 177 Å². The minimum Gasteiger partial charge on any atom is -0.463 e. The third-order valence-electron chi connectivity index (χ3n) is 4.93. The zero-order valence-corrected chi connectivity index (χ0v) is 17.9. The van der Waals surface area contributed by atoms with Crippen molar-refractivity contribution in [1.29, 1.82) is 0 Å². The summed E-state index contributed by atoms with van der Waals surface area (Å²) in [5, 5.41) is 5.61. The van der Waals surface area contributed by atoms with Crippen LogP contribution in [0.1, 0.15) is 49.4 Å². The molecular formula is C24H28N2O4. The van der Waals surface area contributed by atoms with Crippen LogP contribution >= 0.6 is 0 Å². The summed E-state index contributed by atoms with van der Waals surface area (Å²) in [7, 11) is 0. The number of rotatable bonds is 7. The molecule has 0 fully saturated rings. The van der Waals surface area contributed by atoms with Crippen LogP contribution in [0.4, 0.5) is 4.79 Å². The van der Waals surface area contributed by atoms with Gasteiger partial charge in [-0.1, -0.05) is 37.6 Å². The Morgan fingerprint density at radius 2 is 1.80 bits per heavy atom. The Hall–Kier alpha value is -3.28. The molecule has 1 aliphatic rings. The first kappa shape index (κ1) is 21.4. The number of hydrogen-bond acceptors (Lipinski definition) is 4. The average molecular weight is 408 g/mol. The lowest BCUT2D eigenvalue weighted by Crippen LogP contribution is -2.46. The number of ether oxygens (including phenoxy) is 2. The fourth-order valence-electron chi connectivity index (χ4n) is 3.44. The second-order valence-corrected chi connectivity index (χ2v) is 7.33. The summed E-state index contributed by atoms with van der Waals surface area (Å²) in [5.41, 5.74) is 4.01. The van der Waals surface area contributed by atoms with Gasteiger partial charge in [0.25, 0.3) is 0 Å². The van der Waals surface area contributed by atoms with Crippen LogP contribution in [0.15, 0.2) is 53.7 Å². The number of urea groups is 1. The van der Waals surface area contributed by atoms with Gasteiger partial charge in [-0.3, -0.25) is 0 Å². The maximum absolute atomic E-state index is 12.7. The molecule has 1 heterocycles. The first-order valence-corrected chi connectivity index (χ1v) is 10.3. The average Bonchev–Trinajstić information content (AvgIpc) is 2.71. The SMILES string of the molecule is CCCC1=C(C(=O)OCC)C(c2ccc(Oc3cc(C)ccc3C)cc2)NC(=O)N1. The molecule has 2 aromatic rings. The highest BCUT2D eigenvalue weighted by Crippen LogP contribution is 2.32. The molecule has 0 radical (unpaired) electrons. The van der Waals surface area contributed by atoms with Crippen LogP contribution in [-0.4, -0.2) is 18.6 Å². The number of benzene rings is 2. The molecule has 30 heavy (non-hydrogen) atoms. The molecule has 6 heteroatoms. The van der Waals surface area contributed by atoms with Crippen LogP contribution < -0.4 is 15.4 Å². The highest BCUT2D eigenvalue weighted by atomic mass is 16.5. The van der Waals surface area contributed by atoms with Gasteiger partial charge in [-0.2, -0.15) is 0 Å². The highest BCUT2D eigenvalue weighted by Gasteiger charge is 2.33. The zero-order valence-electron chi connectivity index (χ0n) is 17.9. The number of allylic oxidation sites excluding steroid dienone is 1. The number of esters is 1. The topological polar surface area (TPSA) is 76.7 Å². The van der Waals surface area contributed by atoms with Gasteiger partial charge in [0.1, 0.15) is 11.5 Å². The van der Waals surface area contributed by atoms with Crippen molar-refractivity contribution in [3.63, 3.8) is 0 Å². The van der Waals surface area contributed by atoms with Crippen LogP contribution in [0, 0.1) is 13.8 Å². The predicted molar refractivity (Wildman–Crippen MR) is 115 cm³/mol. The highest BCUT2D eigenvalue weighted by molar-refractivity contribution is 5.95. The molecule has 0 aliphatic carbocycles. The largest absolute Gasteiger partial charge is 0.463 e. The van der Waals surface area contributed by atoms with Crippen molar-refractivity contribution >= 4 is 12.0 Å². The number of nitrogens with one attached hydrogen (secondary N) is 2. The fourth-order valence-corrected chi connectivity index (χ4v) is 3.44. The van der Waals surface area contributed by atoms with Crippen molar-refractivity contribution in [3.05, 3.63) is 70.4 Å². The van der Waals surface area contributed by atoms with E-state index in [1.165, 1.54) is 0 Å². The van der Waals surface area contributed by atoms with Crippen LogP contribution in [0.25, 0.3) is 0 Å². The molecule has 1 unspecified atom stereocenters. The summed E-state index contributed by atoms with van der Waals surface area (Å²) in [6.45, 7) is 8.05. The summed E-state index contributed by atoms with van der Waals surface area (Å²) in [5.74, 6) is 1.06. The number of carbonyl (C=O) groups excluding carboxylic acids is 2. The van der Waals surface area contributed by atoms with E-state index in [1.807, 2.05) is 63.2 Å². The number of hydrogen-bond donors (Lipinski definition) is 2. The van der Waals surface area contributed by atoms with Gasteiger partial charge in [-0.15, -0.1) is 0 Å². The zero-order chi connectivity index (χ0) is 21.7. The molecule has 1 aliphatic heterocycles. The molecular weight excluding hydrogens is 380 g/mol. The molecule has 0 saturated carbocycles. The van der Waals surface area contributed by atoms with E-state index in [1.54, 1.807) is 6.92 Å². The molecule has 6 nitrogen and oxygen atoms in total. The summed E-state index contributed by atoms with van der Waals surface area (Å²) in [6, 6.07) is 12.6. The Morgan fingerprint density at radius 3 is 2.47 bits per heavy atom. The van der Waals surface area contributed by atoms with E-state index in [4.69, 9.17) is 9.47 Å². The summed E-state index contributed by atoms with van der Waals surface area (Å²) < 4.78 is 11.3. The number of amides is 2. The monoisotopic (exact) mass is 408 g/mol. The van der Waals surface area contributed by atoms with Gasteiger partial charge in [0.15, 0.2) is 0 Å².